The average molecular weight is 493 g/mol. The first kappa shape index (κ1) is 23.0. The number of hydrogen-bond acceptors (Lipinski definition) is 4. The van der Waals surface area contributed by atoms with E-state index in [4.69, 9.17) is 39.2 Å². The van der Waals surface area contributed by atoms with Gasteiger partial charge in [-0.2, -0.15) is 0 Å². The summed E-state index contributed by atoms with van der Waals surface area (Å²) in [5.74, 6) is 1.47. The van der Waals surface area contributed by atoms with Gasteiger partial charge in [0.05, 0.1) is 11.2 Å². The lowest BCUT2D eigenvalue weighted by molar-refractivity contribution is -0.121. The maximum absolute atomic E-state index is 12.3. The van der Waals surface area contributed by atoms with Gasteiger partial charge in [-0.1, -0.05) is 40.9 Å². The van der Waals surface area contributed by atoms with Crippen LogP contribution in [0.2, 0.25) is 15.1 Å². The van der Waals surface area contributed by atoms with Crippen LogP contribution >= 0.6 is 34.8 Å². The van der Waals surface area contributed by atoms with E-state index >= 15 is 0 Å². The molecule has 0 bridgehead atoms. The van der Waals surface area contributed by atoms with Gasteiger partial charge in [0.25, 0.3) is 0 Å². The smallest absolute Gasteiger partial charge is 0.220 e. The van der Waals surface area contributed by atoms with E-state index in [0.717, 1.165) is 30.1 Å². The zero-order chi connectivity index (χ0) is 22.7. The Kier molecular flexibility index (Phi) is 7.29. The van der Waals surface area contributed by atoms with Crippen molar-refractivity contribution in [3.63, 3.8) is 0 Å². The molecule has 168 valence electrons. The Balaban J connectivity index is 1.24. The quantitative estimate of drug-likeness (QED) is 0.427. The van der Waals surface area contributed by atoms with E-state index in [0.29, 0.717) is 47.0 Å². The van der Waals surface area contributed by atoms with Crippen molar-refractivity contribution in [2.75, 3.05) is 24.5 Å². The van der Waals surface area contributed by atoms with Crippen LogP contribution in [0.15, 0.2) is 47.0 Å². The molecule has 1 saturated heterocycles. The average Bonchev–Trinajstić information content (AvgIpc) is 3.42. The Labute approximate surface area is 202 Å². The molecular formula is C24H24Cl3N3O2. The molecule has 8 heteroatoms. The fourth-order valence-electron chi connectivity index (χ4n) is 3.95. The van der Waals surface area contributed by atoms with Crippen LogP contribution in [0, 0.1) is 12.8 Å². The number of rotatable bonds is 7. The molecule has 1 amide bonds. The molecule has 0 spiro atoms. The van der Waals surface area contributed by atoms with Crippen molar-refractivity contribution in [1.29, 1.82) is 0 Å². The number of halogens is 3. The largest absolute Gasteiger partial charge is 0.441 e. The lowest BCUT2D eigenvalue weighted by Gasteiger charge is -2.21. The van der Waals surface area contributed by atoms with E-state index in [2.05, 4.69) is 22.1 Å². The van der Waals surface area contributed by atoms with Crippen molar-refractivity contribution < 1.29 is 9.21 Å². The Morgan fingerprint density at radius 2 is 1.97 bits per heavy atom. The fourth-order valence-corrected chi connectivity index (χ4v) is 4.62. The summed E-state index contributed by atoms with van der Waals surface area (Å²) in [6.45, 7) is 4.63. The molecule has 1 aromatic heterocycles. The molecule has 2 aromatic carbocycles. The number of carbonyl (C=O) groups excluding carboxylic acids is 1. The standard InChI is InChI=1S/C24H24Cl3N3O2/c1-15-2-3-18(26)11-21(15)30-9-8-16(14-30)12-28-23(31)6-7-24-29-13-22(32-24)19-5-4-17(25)10-20(19)27/h2-5,10-11,13,16H,6-9,12,14H2,1H3,(H,28,31). The molecule has 1 N–H and O–H groups in total. The molecule has 1 aliphatic heterocycles. The summed E-state index contributed by atoms with van der Waals surface area (Å²) in [5.41, 5.74) is 3.11. The van der Waals surface area contributed by atoms with Gasteiger partial charge >= 0.3 is 0 Å². The van der Waals surface area contributed by atoms with Crippen molar-refractivity contribution in [2.45, 2.75) is 26.2 Å². The zero-order valence-corrected chi connectivity index (χ0v) is 20.0. The van der Waals surface area contributed by atoms with E-state index in [1.54, 1.807) is 24.4 Å². The highest BCUT2D eigenvalue weighted by Gasteiger charge is 2.24. The Bertz CT molecular complexity index is 1120. The third-order valence-electron chi connectivity index (χ3n) is 5.70. The predicted molar refractivity (Wildman–Crippen MR) is 130 cm³/mol. The highest BCUT2D eigenvalue weighted by atomic mass is 35.5. The molecule has 1 fully saturated rings. The predicted octanol–water partition coefficient (Wildman–Crippen LogP) is 6.19. The van der Waals surface area contributed by atoms with Gasteiger partial charge in [0.15, 0.2) is 11.7 Å². The first-order valence-electron chi connectivity index (χ1n) is 10.6. The van der Waals surface area contributed by atoms with Crippen LogP contribution in [-0.2, 0) is 11.2 Å². The second-order valence-corrected chi connectivity index (χ2v) is 9.36. The van der Waals surface area contributed by atoms with Gasteiger partial charge in [0.2, 0.25) is 5.91 Å². The molecule has 1 aliphatic rings. The van der Waals surface area contributed by atoms with Crippen LogP contribution in [0.4, 0.5) is 5.69 Å². The number of anilines is 1. The zero-order valence-electron chi connectivity index (χ0n) is 17.7. The van der Waals surface area contributed by atoms with Gasteiger partial charge in [0.1, 0.15) is 0 Å². The van der Waals surface area contributed by atoms with Gasteiger partial charge < -0.3 is 14.6 Å². The summed E-state index contributed by atoms with van der Waals surface area (Å²) in [4.78, 5) is 19.0. The molecule has 32 heavy (non-hydrogen) atoms. The summed E-state index contributed by atoms with van der Waals surface area (Å²) >= 11 is 18.3. The lowest BCUT2D eigenvalue weighted by Crippen LogP contribution is -2.31. The van der Waals surface area contributed by atoms with E-state index in [1.807, 2.05) is 18.2 Å². The SMILES string of the molecule is Cc1ccc(Cl)cc1N1CCC(CNC(=O)CCc2ncc(-c3ccc(Cl)cc3Cl)o2)C1. The van der Waals surface area contributed by atoms with Crippen LogP contribution in [0.5, 0.6) is 0 Å². The van der Waals surface area contributed by atoms with E-state index < -0.39 is 0 Å². The minimum Gasteiger partial charge on any atom is -0.441 e. The van der Waals surface area contributed by atoms with Crippen molar-refractivity contribution in [3.8, 4) is 11.3 Å². The van der Waals surface area contributed by atoms with Gasteiger partial charge in [-0.05, 0) is 55.2 Å². The number of oxazole rings is 1. The van der Waals surface area contributed by atoms with Gasteiger partial charge in [-0.15, -0.1) is 0 Å². The van der Waals surface area contributed by atoms with Crippen LogP contribution in [-0.4, -0.2) is 30.5 Å². The number of nitrogens with zero attached hydrogens (tertiary/aromatic N) is 2. The molecule has 0 aliphatic carbocycles. The highest BCUT2D eigenvalue weighted by molar-refractivity contribution is 6.36. The first-order valence-corrected chi connectivity index (χ1v) is 11.7. The Morgan fingerprint density at radius 1 is 1.19 bits per heavy atom. The van der Waals surface area contributed by atoms with Gasteiger partial charge in [-0.3, -0.25) is 4.79 Å². The summed E-state index contributed by atoms with van der Waals surface area (Å²) < 4.78 is 5.77. The summed E-state index contributed by atoms with van der Waals surface area (Å²) in [5, 5.41) is 4.85. The molecule has 1 unspecified atom stereocenters. The maximum Gasteiger partial charge on any atom is 0.220 e. The molecule has 4 rings (SSSR count). The minimum absolute atomic E-state index is 0.00772. The topological polar surface area (TPSA) is 58.4 Å². The van der Waals surface area contributed by atoms with Crippen molar-refractivity contribution >= 4 is 46.4 Å². The number of nitrogens with one attached hydrogen (secondary N) is 1. The van der Waals surface area contributed by atoms with Crippen LogP contribution in [0.25, 0.3) is 11.3 Å². The van der Waals surface area contributed by atoms with E-state index in [9.17, 15) is 4.79 Å². The number of aromatic nitrogens is 1. The fraction of sp³-hybridized carbons (Fsp3) is 0.333. The van der Waals surface area contributed by atoms with Gasteiger partial charge in [-0.25, -0.2) is 4.98 Å². The summed E-state index contributed by atoms with van der Waals surface area (Å²) in [6, 6.07) is 11.2. The van der Waals surface area contributed by atoms with E-state index in [1.165, 1.54) is 11.3 Å². The van der Waals surface area contributed by atoms with Crippen molar-refractivity contribution in [2.24, 2.45) is 5.92 Å². The minimum atomic E-state index is -0.00772. The first-order chi connectivity index (χ1) is 15.4. The molecule has 5 nitrogen and oxygen atoms in total. The number of aryl methyl sites for hydroxylation is 2. The van der Waals surface area contributed by atoms with Crippen molar-refractivity contribution in [3.05, 3.63) is 69.1 Å². The summed E-state index contributed by atoms with van der Waals surface area (Å²) in [7, 11) is 0. The molecule has 1 atom stereocenters. The van der Waals surface area contributed by atoms with Crippen LogP contribution in [0.1, 0.15) is 24.3 Å². The normalized spacial score (nSPS) is 15.9. The second kappa shape index (κ2) is 10.2. The lowest BCUT2D eigenvalue weighted by atomic mass is 10.1. The molecule has 0 saturated carbocycles. The Hall–Kier alpha value is -2.21. The number of hydrogen-bond donors (Lipinski definition) is 1. The number of amides is 1. The third-order valence-corrected chi connectivity index (χ3v) is 6.48. The number of carbonyl (C=O) groups is 1. The van der Waals surface area contributed by atoms with Crippen LogP contribution < -0.4 is 10.2 Å². The highest BCUT2D eigenvalue weighted by Crippen LogP contribution is 2.31. The monoisotopic (exact) mass is 491 g/mol. The molecule has 2 heterocycles. The van der Waals surface area contributed by atoms with E-state index in [-0.39, 0.29) is 5.91 Å². The Morgan fingerprint density at radius 3 is 2.78 bits per heavy atom. The van der Waals surface area contributed by atoms with Crippen molar-refractivity contribution in [1.82, 2.24) is 10.3 Å². The third kappa shape index (κ3) is 5.58. The van der Waals surface area contributed by atoms with Crippen LogP contribution in [0.3, 0.4) is 0 Å². The second-order valence-electron chi connectivity index (χ2n) is 8.08. The molecular weight excluding hydrogens is 469 g/mol. The molecule has 0 radical (unpaired) electrons. The maximum atomic E-state index is 12.3. The molecule has 3 aromatic rings. The number of benzene rings is 2. The van der Waals surface area contributed by atoms with Gasteiger partial charge in [0, 0.05) is 53.8 Å². The summed E-state index contributed by atoms with van der Waals surface area (Å²) in [6.07, 6.45) is 3.40.